The number of aromatic carboxylic acids is 1. The van der Waals surface area contributed by atoms with E-state index >= 15 is 0 Å². The van der Waals surface area contributed by atoms with Crippen molar-refractivity contribution in [3.63, 3.8) is 0 Å². The maximum atomic E-state index is 12.0. The number of carboxylic acids is 1. The van der Waals surface area contributed by atoms with Gasteiger partial charge in [-0.3, -0.25) is 4.90 Å². The molecule has 0 bridgehead atoms. The van der Waals surface area contributed by atoms with Crippen LogP contribution in [0.5, 0.6) is 11.6 Å². The molecule has 1 saturated heterocycles. The van der Waals surface area contributed by atoms with Crippen molar-refractivity contribution in [2.75, 3.05) is 39.5 Å². The molecule has 0 unspecified atom stereocenters. The summed E-state index contributed by atoms with van der Waals surface area (Å²) < 4.78 is 12.9. The second-order valence-electron chi connectivity index (χ2n) is 7.56. The molecular formula is C24H27N3O5. The SMILES string of the molecule is CCc1nn(-c2ccc(-c3ccccc3O)cc2)c(OCCN2CCOCC2)c1C(=O)O. The quantitative estimate of drug-likeness (QED) is 0.558. The van der Waals surface area contributed by atoms with Gasteiger partial charge in [-0.2, -0.15) is 5.10 Å². The Balaban J connectivity index is 1.62. The van der Waals surface area contributed by atoms with E-state index in [0.717, 1.165) is 24.2 Å². The van der Waals surface area contributed by atoms with Gasteiger partial charge in [-0.15, -0.1) is 0 Å². The fraction of sp³-hybridized carbons (Fsp3) is 0.333. The molecule has 168 valence electrons. The van der Waals surface area contributed by atoms with Crippen molar-refractivity contribution in [2.24, 2.45) is 0 Å². The standard InChI is InChI=1S/C24H27N3O5/c1-2-20-22(24(29)30)23(32-16-13-26-11-14-31-15-12-26)27(25-20)18-9-7-17(8-10-18)19-5-3-4-6-21(19)28/h3-10,28H,2,11-16H2,1H3,(H,29,30). The zero-order valence-corrected chi connectivity index (χ0v) is 18.0. The fourth-order valence-electron chi connectivity index (χ4n) is 3.81. The van der Waals surface area contributed by atoms with E-state index in [9.17, 15) is 15.0 Å². The lowest BCUT2D eigenvalue weighted by atomic mass is 10.0. The number of nitrogens with zero attached hydrogens (tertiary/aromatic N) is 3. The minimum Gasteiger partial charge on any atom is -0.507 e. The highest BCUT2D eigenvalue weighted by Crippen LogP contribution is 2.31. The normalized spacial score (nSPS) is 14.4. The molecule has 0 radical (unpaired) electrons. The lowest BCUT2D eigenvalue weighted by Gasteiger charge is -2.26. The highest BCUT2D eigenvalue weighted by Gasteiger charge is 2.25. The molecule has 0 spiro atoms. The molecule has 3 aromatic rings. The average molecular weight is 437 g/mol. The first-order valence-corrected chi connectivity index (χ1v) is 10.8. The van der Waals surface area contributed by atoms with E-state index < -0.39 is 5.97 Å². The van der Waals surface area contributed by atoms with Crippen LogP contribution in [0.15, 0.2) is 48.5 Å². The lowest BCUT2D eigenvalue weighted by molar-refractivity contribution is 0.0317. The molecule has 0 atom stereocenters. The molecule has 8 nitrogen and oxygen atoms in total. The smallest absolute Gasteiger partial charge is 0.343 e. The first-order valence-electron chi connectivity index (χ1n) is 10.8. The number of carbonyl (C=O) groups is 1. The van der Waals surface area contributed by atoms with Gasteiger partial charge in [0.1, 0.15) is 17.9 Å². The molecule has 1 aliphatic heterocycles. The minimum absolute atomic E-state index is 0.0965. The molecule has 2 aromatic carbocycles. The van der Waals surface area contributed by atoms with Crippen LogP contribution in [0.2, 0.25) is 0 Å². The molecule has 2 heterocycles. The van der Waals surface area contributed by atoms with Gasteiger partial charge in [-0.1, -0.05) is 37.3 Å². The van der Waals surface area contributed by atoms with Gasteiger partial charge in [0.25, 0.3) is 0 Å². The van der Waals surface area contributed by atoms with Gasteiger partial charge in [0.2, 0.25) is 5.88 Å². The number of carboxylic acid groups (broad SMARTS) is 1. The van der Waals surface area contributed by atoms with Crippen molar-refractivity contribution in [1.29, 1.82) is 0 Å². The zero-order chi connectivity index (χ0) is 22.5. The first-order chi connectivity index (χ1) is 15.6. The van der Waals surface area contributed by atoms with E-state index in [1.165, 1.54) is 0 Å². The number of benzene rings is 2. The van der Waals surface area contributed by atoms with E-state index in [-0.39, 0.29) is 17.2 Å². The summed E-state index contributed by atoms with van der Waals surface area (Å²) in [5.74, 6) is -0.619. The molecular weight excluding hydrogens is 410 g/mol. The molecule has 8 heteroatoms. The van der Waals surface area contributed by atoms with Crippen LogP contribution >= 0.6 is 0 Å². The number of aryl methyl sites for hydroxylation is 1. The number of rotatable bonds is 8. The Morgan fingerprint density at radius 1 is 1.12 bits per heavy atom. The van der Waals surface area contributed by atoms with Crippen LogP contribution in [0.1, 0.15) is 23.0 Å². The summed E-state index contributed by atoms with van der Waals surface area (Å²) in [6, 6.07) is 14.6. The Bertz CT molecular complexity index is 1070. The molecule has 0 amide bonds. The third-order valence-corrected chi connectivity index (χ3v) is 5.54. The van der Waals surface area contributed by atoms with E-state index in [0.29, 0.717) is 44.2 Å². The van der Waals surface area contributed by atoms with E-state index in [1.54, 1.807) is 16.8 Å². The fourth-order valence-corrected chi connectivity index (χ4v) is 3.81. The molecule has 0 aliphatic carbocycles. The predicted octanol–water partition coefficient (Wildman–Crippen LogP) is 3.22. The summed E-state index contributed by atoms with van der Waals surface area (Å²) >= 11 is 0. The summed E-state index contributed by atoms with van der Waals surface area (Å²) in [6.07, 6.45) is 0.477. The summed E-state index contributed by atoms with van der Waals surface area (Å²) in [7, 11) is 0. The number of aromatic hydroxyl groups is 1. The number of aromatic nitrogens is 2. The number of hydrogen-bond donors (Lipinski definition) is 2. The van der Waals surface area contributed by atoms with Crippen LogP contribution in [0, 0.1) is 0 Å². The summed E-state index contributed by atoms with van der Waals surface area (Å²) in [5.41, 5.74) is 2.83. The highest BCUT2D eigenvalue weighted by molar-refractivity contribution is 5.92. The van der Waals surface area contributed by atoms with Crippen LogP contribution in [0.25, 0.3) is 16.8 Å². The highest BCUT2D eigenvalue weighted by atomic mass is 16.5. The van der Waals surface area contributed by atoms with Crippen LogP contribution in [0.4, 0.5) is 0 Å². The predicted molar refractivity (Wildman–Crippen MR) is 120 cm³/mol. The number of hydrogen-bond acceptors (Lipinski definition) is 6. The monoisotopic (exact) mass is 437 g/mol. The van der Waals surface area contributed by atoms with Crippen LogP contribution < -0.4 is 4.74 Å². The number of ether oxygens (including phenoxy) is 2. The van der Waals surface area contributed by atoms with Crippen LogP contribution in [0.3, 0.4) is 0 Å². The van der Waals surface area contributed by atoms with Gasteiger partial charge < -0.3 is 19.7 Å². The maximum Gasteiger partial charge on any atom is 0.343 e. The molecule has 4 rings (SSSR count). The summed E-state index contributed by atoms with van der Waals surface area (Å²) in [5, 5.41) is 24.5. The molecule has 1 aliphatic rings. The van der Waals surface area contributed by atoms with E-state index in [1.807, 2.05) is 43.3 Å². The average Bonchev–Trinajstić information content (AvgIpc) is 3.19. The Morgan fingerprint density at radius 3 is 2.50 bits per heavy atom. The van der Waals surface area contributed by atoms with Crippen molar-refractivity contribution in [3.8, 4) is 28.4 Å². The summed E-state index contributed by atoms with van der Waals surface area (Å²) in [6.45, 7) is 5.97. The number of morpholine rings is 1. The molecule has 0 saturated carbocycles. The van der Waals surface area contributed by atoms with E-state index in [2.05, 4.69) is 10.00 Å². The van der Waals surface area contributed by atoms with Gasteiger partial charge >= 0.3 is 5.97 Å². The van der Waals surface area contributed by atoms with Crippen molar-refractivity contribution in [2.45, 2.75) is 13.3 Å². The van der Waals surface area contributed by atoms with Crippen LogP contribution in [-0.4, -0.2) is 70.3 Å². The second-order valence-corrected chi connectivity index (χ2v) is 7.56. The van der Waals surface area contributed by atoms with Crippen molar-refractivity contribution < 1.29 is 24.5 Å². The van der Waals surface area contributed by atoms with E-state index in [4.69, 9.17) is 9.47 Å². The van der Waals surface area contributed by atoms with Gasteiger partial charge in [0.05, 0.1) is 24.6 Å². The Labute approximate surface area is 186 Å². The molecule has 32 heavy (non-hydrogen) atoms. The van der Waals surface area contributed by atoms with Gasteiger partial charge in [-0.25, -0.2) is 9.48 Å². The molecule has 1 aromatic heterocycles. The minimum atomic E-state index is -1.06. The van der Waals surface area contributed by atoms with Gasteiger partial charge in [-0.05, 0) is 30.2 Å². The number of phenolic OH excluding ortho intramolecular Hbond substituents is 1. The van der Waals surface area contributed by atoms with Gasteiger partial charge in [0.15, 0.2) is 0 Å². The second kappa shape index (κ2) is 9.84. The van der Waals surface area contributed by atoms with Crippen molar-refractivity contribution in [1.82, 2.24) is 14.7 Å². The van der Waals surface area contributed by atoms with Crippen LogP contribution in [-0.2, 0) is 11.2 Å². The van der Waals surface area contributed by atoms with Crippen molar-refractivity contribution in [3.05, 3.63) is 59.8 Å². The maximum absolute atomic E-state index is 12.0. The third kappa shape index (κ3) is 4.61. The Kier molecular flexibility index (Phi) is 6.72. The topological polar surface area (TPSA) is 97.0 Å². The summed E-state index contributed by atoms with van der Waals surface area (Å²) in [4.78, 5) is 14.2. The van der Waals surface area contributed by atoms with Gasteiger partial charge in [0, 0.05) is 25.2 Å². The first kappa shape index (κ1) is 21.9. The van der Waals surface area contributed by atoms with Crippen molar-refractivity contribution >= 4 is 5.97 Å². The third-order valence-electron chi connectivity index (χ3n) is 5.54. The molecule has 1 fully saturated rings. The Morgan fingerprint density at radius 2 is 1.84 bits per heavy atom. The zero-order valence-electron chi connectivity index (χ0n) is 18.0. The largest absolute Gasteiger partial charge is 0.507 e. The Hall–Kier alpha value is -3.36. The molecule has 2 N–H and O–H groups in total. The number of para-hydroxylation sites is 1. The number of phenols is 1. The lowest BCUT2D eigenvalue weighted by Crippen LogP contribution is -2.38.